The third-order valence-corrected chi connectivity index (χ3v) is 6.45. The van der Waals surface area contributed by atoms with Crippen LogP contribution in [0.25, 0.3) is 55.4 Å². The molecule has 6 rings (SSSR count). The van der Waals surface area contributed by atoms with Crippen LogP contribution in [-0.2, 0) is 0 Å². The van der Waals surface area contributed by atoms with Crippen LogP contribution in [0.5, 0.6) is 0 Å². The molecule has 0 spiro atoms. The van der Waals surface area contributed by atoms with E-state index < -0.39 is 0 Å². The topological polar surface area (TPSA) is 25.8 Å². The number of halogens is 1. The smallest absolute Gasteiger partial charge is 0.160 e. The number of rotatable bonds is 3. The Balaban J connectivity index is 1.58. The van der Waals surface area contributed by atoms with Gasteiger partial charge in [0.1, 0.15) is 7.85 Å². The fourth-order valence-electron chi connectivity index (χ4n) is 4.31. The van der Waals surface area contributed by atoms with E-state index in [0.717, 1.165) is 32.6 Å². The summed E-state index contributed by atoms with van der Waals surface area (Å²) < 4.78 is 0.898. The lowest BCUT2D eigenvalue weighted by Crippen LogP contribution is -2.03. The Labute approximate surface area is 207 Å². The molecule has 5 aromatic carbocycles. The Bertz CT molecular complexity index is 1580. The predicted molar refractivity (Wildman–Crippen MR) is 146 cm³/mol. The lowest BCUT2D eigenvalue weighted by Gasteiger charge is -2.11. The zero-order valence-corrected chi connectivity index (χ0v) is 19.8. The standard InChI is InChI=1S/C30H18BBrN2/c31-26-15-25(16-27(32)17-26)30-33-28(23-11-9-19-5-1-3-7-21(19)13-23)18-29(34-30)24-12-10-20-6-2-4-8-22(20)14-24/h1-18H. The minimum atomic E-state index is 0.641. The summed E-state index contributed by atoms with van der Waals surface area (Å²) in [6, 6.07) is 37.5. The van der Waals surface area contributed by atoms with Gasteiger partial charge in [-0.2, -0.15) is 0 Å². The predicted octanol–water partition coefficient (Wildman–Crippen LogP) is 7.34. The lowest BCUT2D eigenvalue weighted by atomic mass is 9.94. The second kappa shape index (κ2) is 8.55. The molecule has 0 amide bonds. The number of nitrogens with zero attached hydrogens (tertiary/aromatic N) is 2. The van der Waals surface area contributed by atoms with Crippen LogP contribution in [0.15, 0.2) is 114 Å². The molecule has 0 bridgehead atoms. The highest BCUT2D eigenvalue weighted by Gasteiger charge is 2.12. The van der Waals surface area contributed by atoms with E-state index in [2.05, 4.69) is 107 Å². The molecule has 0 aliphatic heterocycles. The molecule has 6 aromatic rings. The van der Waals surface area contributed by atoms with Gasteiger partial charge in [0, 0.05) is 21.2 Å². The minimum Gasteiger partial charge on any atom is -0.228 e. The average molecular weight is 497 g/mol. The molecule has 0 aliphatic carbocycles. The first-order valence-corrected chi connectivity index (χ1v) is 11.9. The number of hydrogen-bond acceptors (Lipinski definition) is 2. The Morgan fingerprint density at radius 1 is 0.500 bits per heavy atom. The summed E-state index contributed by atoms with van der Waals surface area (Å²) in [7, 11) is 6.13. The van der Waals surface area contributed by atoms with Gasteiger partial charge in [0.25, 0.3) is 0 Å². The molecule has 158 valence electrons. The van der Waals surface area contributed by atoms with E-state index in [-0.39, 0.29) is 0 Å². The Morgan fingerprint density at radius 2 is 1.03 bits per heavy atom. The van der Waals surface area contributed by atoms with E-state index in [9.17, 15) is 0 Å². The van der Waals surface area contributed by atoms with Gasteiger partial charge in [-0.05, 0) is 45.8 Å². The summed E-state index contributed by atoms with van der Waals surface area (Å²) >= 11 is 3.56. The van der Waals surface area contributed by atoms with Crippen molar-refractivity contribution < 1.29 is 0 Å². The van der Waals surface area contributed by atoms with Crippen LogP contribution in [-0.4, -0.2) is 17.8 Å². The van der Waals surface area contributed by atoms with E-state index in [1.807, 2.05) is 18.2 Å². The van der Waals surface area contributed by atoms with Gasteiger partial charge in [-0.15, -0.1) is 0 Å². The van der Waals surface area contributed by atoms with Crippen LogP contribution in [0.1, 0.15) is 0 Å². The van der Waals surface area contributed by atoms with Gasteiger partial charge in [-0.25, -0.2) is 9.97 Å². The van der Waals surface area contributed by atoms with Crippen molar-refractivity contribution in [2.45, 2.75) is 0 Å². The van der Waals surface area contributed by atoms with Crippen molar-refractivity contribution in [3.8, 4) is 33.9 Å². The molecule has 2 nitrogen and oxygen atoms in total. The first-order chi connectivity index (χ1) is 16.6. The van der Waals surface area contributed by atoms with Gasteiger partial charge in [-0.1, -0.05) is 106 Å². The molecule has 1 heterocycles. The van der Waals surface area contributed by atoms with E-state index in [1.54, 1.807) is 0 Å². The van der Waals surface area contributed by atoms with Crippen LogP contribution in [0.3, 0.4) is 0 Å². The highest BCUT2D eigenvalue weighted by atomic mass is 79.9. The third-order valence-electron chi connectivity index (χ3n) is 5.99. The van der Waals surface area contributed by atoms with Crippen molar-refractivity contribution in [3.63, 3.8) is 0 Å². The van der Waals surface area contributed by atoms with Crippen molar-refractivity contribution >= 4 is 50.8 Å². The summed E-state index contributed by atoms with van der Waals surface area (Å²) in [5, 5.41) is 4.77. The molecular formula is C30H18BBrN2. The molecule has 4 heteroatoms. The van der Waals surface area contributed by atoms with E-state index in [0.29, 0.717) is 11.3 Å². The quantitative estimate of drug-likeness (QED) is 0.239. The van der Waals surface area contributed by atoms with E-state index in [1.165, 1.54) is 21.5 Å². The van der Waals surface area contributed by atoms with Gasteiger partial charge >= 0.3 is 0 Å². The maximum atomic E-state index is 6.13. The highest BCUT2D eigenvalue weighted by molar-refractivity contribution is 9.10. The molecule has 0 saturated heterocycles. The molecular weight excluding hydrogens is 479 g/mol. The Hall–Kier alpha value is -3.76. The maximum absolute atomic E-state index is 6.13. The molecule has 0 fully saturated rings. The molecule has 1 aromatic heterocycles. The fourth-order valence-corrected chi connectivity index (χ4v) is 4.82. The van der Waals surface area contributed by atoms with Gasteiger partial charge in [0.05, 0.1) is 11.4 Å². The van der Waals surface area contributed by atoms with Gasteiger partial charge in [-0.3, -0.25) is 0 Å². The van der Waals surface area contributed by atoms with Crippen LogP contribution in [0.4, 0.5) is 0 Å². The van der Waals surface area contributed by atoms with Crippen molar-refractivity contribution in [1.29, 1.82) is 0 Å². The lowest BCUT2D eigenvalue weighted by molar-refractivity contribution is 1.18. The van der Waals surface area contributed by atoms with Gasteiger partial charge < -0.3 is 0 Å². The van der Waals surface area contributed by atoms with Crippen molar-refractivity contribution in [1.82, 2.24) is 9.97 Å². The van der Waals surface area contributed by atoms with Crippen LogP contribution in [0, 0.1) is 0 Å². The molecule has 2 radical (unpaired) electrons. The summed E-state index contributed by atoms with van der Waals surface area (Å²) in [5.74, 6) is 0.641. The first kappa shape index (κ1) is 20.8. The van der Waals surface area contributed by atoms with Crippen LogP contribution in [0.2, 0.25) is 0 Å². The number of benzene rings is 5. The maximum Gasteiger partial charge on any atom is 0.160 e. The summed E-state index contributed by atoms with van der Waals surface area (Å²) in [6.07, 6.45) is 0. The van der Waals surface area contributed by atoms with Gasteiger partial charge in [0.2, 0.25) is 0 Å². The Morgan fingerprint density at radius 3 is 1.56 bits per heavy atom. The summed E-state index contributed by atoms with van der Waals surface area (Å²) in [4.78, 5) is 9.93. The van der Waals surface area contributed by atoms with Crippen molar-refractivity contribution in [2.24, 2.45) is 0 Å². The zero-order chi connectivity index (χ0) is 23.1. The minimum absolute atomic E-state index is 0.641. The fraction of sp³-hybridized carbons (Fsp3) is 0. The molecule has 0 aliphatic rings. The SMILES string of the molecule is [B]c1cc(Br)cc(-c2nc(-c3ccc4ccccc4c3)cc(-c3ccc4ccccc4c3)n2)c1. The second-order valence-corrected chi connectivity index (χ2v) is 9.27. The number of aromatic nitrogens is 2. The molecule has 0 saturated carbocycles. The third kappa shape index (κ3) is 4.02. The summed E-state index contributed by atoms with van der Waals surface area (Å²) in [5.41, 5.74) is 5.38. The van der Waals surface area contributed by atoms with Crippen molar-refractivity contribution in [3.05, 3.63) is 114 Å². The molecule has 0 atom stereocenters. The number of fused-ring (bicyclic) bond motifs is 2. The second-order valence-electron chi connectivity index (χ2n) is 8.36. The first-order valence-electron chi connectivity index (χ1n) is 11.1. The molecule has 0 N–H and O–H groups in total. The van der Waals surface area contributed by atoms with E-state index in [4.69, 9.17) is 17.8 Å². The normalized spacial score (nSPS) is 11.2. The zero-order valence-electron chi connectivity index (χ0n) is 18.2. The van der Waals surface area contributed by atoms with E-state index >= 15 is 0 Å². The average Bonchev–Trinajstić information content (AvgIpc) is 2.87. The van der Waals surface area contributed by atoms with Gasteiger partial charge in [0.15, 0.2) is 5.82 Å². The Kier molecular flexibility index (Phi) is 5.24. The molecule has 0 unspecified atom stereocenters. The van der Waals surface area contributed by atoms with Crippen LogP contribution < -0.4 is 5.46 Å². The molecule has 34 heavy (non-hydrogen) atoms. The van der Waals surface area contributed by atoms with Crippen molar-refractivity contribution in [2.75, 3.05) is 0 Å². The monoisotopic (exact) mass is 496 g/mol. The van der Waals surface area contributed by atoms with Crippen LogP contribution >= 0.6 is 15.9 Å². The number of hydrogen-bond donors (Lipinski definition) is 0. The summed E-state index contributed by atoms with van der Waals surface area (Å²) in [6.45, 7) is 0. The highest BCUT2D eigenvalue weighted by Crippen LogP contribution is 2.31. The largest absolute Gasteiger partial charge is 0.228 e.